The summed E-state index contributed by atoms with van der Waals surface area (Å²) in [5.41, 5.74) is 6.70. The number of carbonyl (C=O) groups is 3. The summed E-state index contributed by atoms with van der Waals surface area (Å²) in [5, 5.41) is 8.61. The Labute approximate surface area is 257 Å². The van der Waals surface area contributed by atoms with E-state index in [9.17, 15) is 14.4 Å². The van der Waals surface area contributed by atoms with E-state index in [1.807, 2.05) is 74.5 Å². The number of aryl methyl sites for hydroxylation is 1. The van der Waals surface area contributed by atoms with Crippen molar-refractivity contribution in [2.45, 2.75) is 44.9 Å². The van der Waals surface area contributed by atoms with Gasteiger partial charge in [-0.3, -0.25) is 9.59 Å². The Morgan fingerprint density at radius 1 is 0.795 bits per heavy atom. The number of rotatable bonds is 10. The van der Waals surface area contributed by atoms with E-state index in [1.165, 1.54) is 18.2 Å². The summed E-state index contributed by atoms with van der Waals surface area (Å²) in [5.74, 6) is 0.0533. The van der Waals surface area contributed by atoms with Crippen molar-refractivity contribution < 1.29 is 23.9 Å². The van der Waals surface area contributed by atoms with Gasteiger partial charge in [-0.2, -0.15) is 0 Å². The number of benzene rings is 4. The van der Waals surface area contributed by atoms with Crippen LogP contribution in [-0.4, -0.2) is 31.6 Å². The molecule has 4 aromatic rings. The van der Waals surface area contributed by atoms with Crippen LogP contribution in [0.15, 0.2) is 91.0 Å². The number of nitrogens with one attached hydrogen (secondary N) is 3. The Hall–Kier alpha value is -5.11. The first-order chi connectivity index (χ1) is 21.3. The highest BCUT2D eigenvalue weighted by Gasteiger charge is 2.41. The van der Waals surface area contributed by atoms with Gasteiger partial charge in [0.05, 0.1) is 32.2 Å². The number of carbonyl (C=O) groups excluding carboxylic acids is 3. The quantitative estimate of drug-likeness (QED) is 0.176. The van der Waals surface area contributed by atoms with Crippen LogP contribution in [0.2, 0.25) is 0 Å². The molecule has 226 valence electrons. The van der Waals surface area contributed by atoms with Crippen LogP contribution in [-0.2, 0) is 39.0 Å². The van der Waals surface area contributed by atoms with Crippen LogP contribution in [0.4, 0.5) is 21.9 Å². The standard InChI is InChI=1S/C36H37N3O5/c1-4-44-34(41)23-36(21-26-10-6-7-11-27(26)22-36)28-14-16-29(17-15-28)37-33(40)20-25-13-18-31(32(19-25)43-3)39-35(42)38-30-12-8-5-9-24(30)2/h5-19H,4,20-23H2,1-3H3,(H,37,40)(H2,38,39,42). The number of fused-ring (bicyclic) bond motifs is 1. The summed E-state index contributed by atoms with van der Waals surface area (Å²) < 4.78 is 10.8. The van der Waals surface area contributed by atoms with Crippen LogP contribution in [0.5, 0.6) is 5.75 Å². The molecule has 8 nitrogen and oxygen atoms in total. The van der Waals surface area contributed by atoms with Crippen LogP contribution in [0.1, 0.15) is 41.2 Å². The van der Waals surface area contributed by atoms with E-state index in [0.29, 0.717) is 35.8 Å². The van der Waals surface area contributed by atoms with E-state index in [-0.39, 0.29) is 23.7 Å². The number of urea groups is 1. The Balaban J connectivity index is 1.23. The number of para-hydroxylation sites is 1. The lowest BCUT2D eigenvalue weighted by Gasteiger charge is -2.29. The summed E-state index contributed by atoms with van der Waals surface area (Å²) in [6.07, 6.45) is 1.93. The minimum atomic E-state index is -0.392. The first-order valence-electron chi connectivity index (χ1n) is 14.7. The van der Waals surface area contributed by atoms with E-state index in [4.69, 9.17) is 9.47 Å². The summed E-state index contributed by atoms with van der Waals surface area (Å²) in [7, 11) is 1.52. The van der Waals surface area contributed by atoms with E-state index in [1.54, 1.807) is 18.2 Å². The second-order valence-corrected chi connectivity index (χ2v) is 11.1. The van der Waals surface area contributed by atoms with Gasteiger partial charge in [-0.1, -0.05) is 60.7 Å². The average molecular weight is 592 g/mol. The lowest BCUT2D eigenvalue weighted by Crippen LogP contribution is -2.31. The van der Waals surface area contributed by atoms with E-state index in [2.05, 4.69) is 28.1 Å². The zero-order valence-electron chi connectivity index (χ0n) is 25.2. The molecule has 3 N–H and O–H groups in total. The number of anilines is 3. The smallest absolute Gasteiger partial charge is 0.323 e. The predicted molar refractivity (Wildman–Crippen MR) is 172 cm³/mol. The molecular weight excluding hydrogens is 554 g/mol. The van der Waals surface area contributed by atoms with E-state index >= 15 is 0 Å². The highest BCUT2D eigenvalue weighted by Crippen LogP contribution is 2.43. The molecule has 0 unspecified atom stereocenters. The van der Waals surface area contributed by atoms with E-state index in [0.717, 1.165) is 29.5 Å². The molecular formula is C36H37N3O5. The Morgan fingerprint density at radius 3 is 2.11 bits per heavy atom. The topological polar surface area (TPSA) is 106 Å². The fraction of sp³-hybridized carbons (Fsp3) is 0.250. The Morgan fingerprint density at radius 2 is 1.45 bits per heavy atom. The molecule has 0 aromatic heterocycles. The number of methoxy groups -OCH3 is 1. The lowest BCUT2D eigenvalue weighted by molar-refractivity contribution is -0.144. The van der Waals surface area contributed by atoms with Crippen molar-refractivity contribution in [2.75, 3.05) is 29.7 Å². The SMILES string of the molecule is CCOC(=O)CC1(c2ccc(NC(=O)Cc3ccc(NC(=O)Nc4ccccc4C)c(OC)c3)cc2)Cc2ccccc2C1. The molecule has 4 aromatic carbocycles. The highest BCUT2D eigenvalue weighted by molar-refractivity contribution is 6.01. The second kappa shape index (κ2) is 13.5. The lowest BCUT2D eigenvalue weighted by atomic mass is 9.75. The fourth-order valence-electron chi connectivity index (χ4n) is 5.85. The molecule has 44 heavy (non-hydrogen) atoms. The van der Waals surface area contributed by atoms with Gasteiger partial charge in [0, 0.05) is 16.8 Å². The molecule has 1 aliphatic carbocycles. The predicted octanol–water partition coefficient (Wildman–Crippen LogP) is 6.82. The molecule has 0 saturated carbocycles. The van der Waals surface area contributed by atoms with Gasteiger partial charge in [-0.15, -0.1) is 0 Å². The summed E-state index contributed by atoms with van der Waals surface area (Å²) in [4.78, 5) is 38.1. The molecule has 3 amide bonds. The third kappa shape index (κ3) is 7.09. The molecule has 0 saturated heterocycles. The van der Waals surface area contributed by atoms with Crippen LogP contribution in [0, 0.1) is 6.92 Å². The molecule has 5 rings (SSSR count). The maximum Gasteiger partial charge on any atom is 0.323 e. The van der Waals surface area contributed by atoms with Crippen molar-refractivity contribution in [1.29, 1.82) is 0 Å². The van der Waals surface area contributed by atoms with Gasteiger partial charge in [0.25, 0.3) is 0 Å². The normalized spacial score (nSPS) is 13.0. The van der Waals surface area contributed by atoms with Crippen molar-refractivity contribution in [3.63, 3.8) is 0 Å². The number of esters is 1. The number of ether oxygens (including phenoxy) is 2. The van der Waals surface area contributed by atoms with Crippen molar-refractivity contribution >= 4 is 35.0 Å². The van der Waals surface area contributed by atoms with Gasteiger partial charge in [0.15, 0.2) is 0 Å². The van der Waals surface area contributed by atoms with Crippen molar-refractivity contribution in [3.8, 4) is 5.75 Å². The molecule has 8 heteroatoms. The van der Waals surface area contributed by atoms with Crippen molar-refractivity contribution in [2.24, 2.45) is 0 Å². The average Bonchev–Trinajstić information content (AvgIpc) is 3.38. The summed E-state index contributed by atoms with van der Waals surface area (Å²) in [6.45, 7) is 4.09. The molecule has 0 bridgehead atoms. The molecule has 0 aliphatic heterocycles. The summed E-state index contributed by atoms with van der Waals surface area (Å²) in [6, 6.07) is 28.4. The van der Waals surface area contributed by atoms with Crippen LogP contribution >= 0.6 is 0 Å². The number of hydrogen-bond acceptors (Lipinski definition) is 5. The number of amides is 3. The third-order valence-electron chi connectivity index (χ3n) is 8.02. The molecule has 0 heterocycles. The maximum absolute atomic E-state index is 13.0. The minimum Gasteiger partial charge on any atom is -0.495 e. The van der Waals surface area contributed by atoms with Gasteiger partial charge < -0.3 is 25.4 Å². The van der Waals surface area contributed by atoms with Gasteiger partial charge in [-0.05, 0) is 84.8 Å². The van der Waals surface area contributed by atoms with Gasteiger partial charge >= 0.3 is 12.0 Å². The Kier molecular flexibility index (Phi) is 9.29. The largest absolute Gasteiger partial charge is 0.495 e. The zero-order valence-corrected chi connectivity index (χ0v) is 25.2. The van der Waals surface area contributed by atoms with Gasteiger partial charge in [0.2, 0.25) is 5.91 Å². The molecule has 0 atom stereocenters. The maximum atomic E-state index is 13.0. The van der Waals surface area contributed by atoms with Crippen molar-refractivity contribution in [3.05, 3.63) is 119 Å². The first kappa shape index (κ1) is 30.4. The second-order valence-electron chi connectivity index (χ2n) is 11.1. The molecule has 0 radical (unpaired) electrons. The van der Waals surface area contributed by atoms with Gasteiger partial charge in [-0.25, -0.2) is 4.79 Å². The molecule has 0 spiro atoms. The third-order valence-corrected chi connectivity index (χ3v) is 8.02. The monoisotopic (exact) mass is 591 g/mol. The number of hydrogen-bond donors (Lipinski definition) is 3. The van der Waals surface area contributed by atoms with Crippen molar-refractivity contribution in [1.82, 2.24) is 0 Å². The zero-order chi connectivity index (χ0) is 31.1. The van der Waals surface area contributed by atoms with Gasteiger partial charge in [0.1, 0.15) is 5.75 Å². The fourth-order valence-corrected chi connectivity index (χ4v) is 5.85. The van der Waals surface area contributed by atoms with Crippen LogP contribution in [0.25, 0.3) is 0 Å². The Bertz CT molecular complexity index is 1640. The molecule has 1 aliphatic rings. The molecule has 0 fully saturated rings. The first-order valence-corrected chi connectivity index (χ1v) is 14.7. The van der Waals surface area contributed by atoms with Crippen LogP contribution < -0.4 is 20.7 Å². The minimum absolute atomic E-state index is 0.121. The highest BCUT2D eigenvalue weighted by atomic mass is 16.5. The van der Waals surface area contributed by atoms with E-state index < -0.39 is 6.03 Å². The van der Waals surface area contributed by atoms with Crippen LogP contribution in [0.3, 0.4) is 0 Å². The summed E-state index contributed by atoms with van der Waals surface area (Å²) >= 11 is 0.